The van der Waals surface area contributed by atoms with Crippen molar-refractivity contribution in [3.8, 4) is 11.5 Å². The summed E-state index contributed by atoms with van der Waals surface area (Å²) < 4.78 is 5.32. The van der Waals surface area contributed by atoms with Crippen LogP contribution in [0.5, 0.6) is 0 Å². The van der Waals surface area contributed by atoms with Crippen molar-refractivity contribution in [1.29, 1.82) is 0 Å². The normalized spacial score (nSPS) is 18.5. The van der Waals surface area contributed by atoms with Gasteiger partial charge in [0.1, 0.15) is 5.69 Å². The molecule has 3 rings (SSSR count). The van der Waals surface area contributed by atoms with Crippen LogP contribution in [0.2, 0.25) is 0 Å². The minimum Gasteiger partial charge on any atom is -0.339 e. The first-order valence-corrected chi connectivity index (χ1v) is 7.75. The maximum Gasteiger partial charge on any atom is 0.227 e. The van der Waals surface area contributed by atoms with Gasteiger partial charge in [-0.2, -0.15) is 10.1 Å². The first-order chi connectivity index (χ1) is 10.7. The number of aryl methyl sites for hydroxylation is 1. The molecular formula is C15H22N6O. The second-order valence-corrected chi connectivity index (χ2v) is 5.85. The molecule has 1 saturated heterocycles. The lowest BCUT2D eigenvalue weighted by Crippen LogP contribution is -2.48. The topological polar surface area (TPSA) is 71.2 Å². The van der Waals surface area contributed by atoms with Crippen LogP contribution in [0.3, 0.4) is 0 Å². The summed E-state index contributed by atoms with van der Waals surface area (Å²) in [4.78, 5) is 9.30. The number of aromatic nitrogens is 4. The predicted octanol–water partition coefficient (Wildman–Crippen LogP) is 1.10. The fourth-order valence-corrected chi connectivity index (χ4v) is 2.66. The lowest BCUT2D eigenvalue weighted by atomic mass is 10.1. The van der Waals surface area contributed by atoms with E-state index in [0.29, 0.717) is 23.5 Å². The summed E-state index contributed by atoms with van der Waals surface area (Å²) in [5.74, 6) is 1.18. The van der Waals surface area contributed by atoms with E-state index in [1.54, 1.807) is 6.20 Å². The molecule has 7 heteroatoms. The van der Waals surface area contributed by atoms with Gasteiger partial charge in [0.25, 0.3) is 0 Å². The Bertz CT molecular complexity index is 579. The molecule has 1 fully saturated rings. The van der Waals surface area contributed by atoms with Crippen LogP contribution in [0.4, 0.5) is 0 Å². The van der Waals surface area contributed by atoms with Gasteiger partial charge in [0.05, 0.1) is 0 Å². The molecule has 1 aliphatic heterocycles. The van der Waals surface area contributed by atoms with Gasteiger partial charge in [0, 0.05) is 44.8 Å². The van der Waals surface area contributed by atoms with Gasteiger partial charge in [-0.1, -0.05) is 5.16 Å². The monoisotopic (exact) mass is 302 g/mol. The molecule has 0 amide bonds. The SMILES string of the molecule is C[C@H](CCc1nc(-c2cccnn2)no1)N1CCN(C)CC1. The van der Waals surface area contributed by atoms with Gasteiger partial charge in [0.15, 0.2) is 0 Å². The summed E-state index contributed by atoms with van der Waals surface area (Å²) >= 11 is 0. The molecule has 118 valence electrons. The number of rotatable bonds is 5. The van der Waals surface area contributed by atoms with E-state index in [0.717, 1.165) is 39.0 Å². The van der Waals surface area contributed by atoms with Gasteiger partial charge in [-0.15, -0.1) is 5.10 Å². The van der Waals surface area contributed by atoms with Crippen LogP contribution in [0.15, 0.2) is 22.9 Å². The third-order valence-electron chi connectivity index (χ3n) is 4.21. The maximum absolute atomic E-state index is 5.32. The summed E-state index contributed by atoms with van der Waals surface area (Å²) in [6.45, 7) is 6.81. The van der Waals surface area contributed by atoms with Gasteiger partial charge in [-0.05, 0) is 32.5 Å². The van der Waals surface area contributed by atoms with E-state index in [-0.39, 0.29) is 0 Å². The lowest BCUT2D eigenvalue weighted by molar-refractivity contribution is 0.113. The van der Waals surface area contributed by atoms with Gasteiger partial charge in [-0.3, -0.25) is 4.90 Å². The second-order valence-electron chi connectivity index (χ2n) is 5.85. The quantitative estimate of drug-likeness (QED) is 0.819. The van der Waals surface area contributed by atoms with Crippen LogP contribution >= 0.6 is 0 Å². The summed E-state index contributed by atoms with van der Waals surface area (Å²) in [6, 6.07) is 4.17. The Hall–Kier alpha value is -1.86. The zero-order chi connectivity index (χ0) is 15.4. The molecule has 0 N–H and O–H groups in total. The highest BCUT2D eigenvalue weighted by Gasteiger charge is 2.20. The Morgan fingerprint density at radius 1 is 1.27 bits per heavy atom. The van der Waals surface area contributed by atoms with E-state index in [9.17, 15) is 0 Å². The third-order valence-corrected chi connectivity index (χ3v) is 4.21. The Kier molecular flexibility index (Phi) is 4.74. The summed E-state index contributed by atoms with van der Waals surface area (Å²) in [5.41, 5.74) is 0.643. The van der Waals surface area contributed by atoms with Gasteiger partial charge in [0.2, 0.25) is 11.7 Å². The van der Waals surface area contributed by atoms with Crippen molar-refractivity contribution in [1.82, 2.24) is 30.1 Å². The van der Waals surface area contributed by atoms with Crippen LogP contribution in [0.1, 0.15) is 19.2 Å². The van der Waals surface area contributed by atoms with E-state index >= 15 is 0 Å². The fraction of sp³-hybridized carbons (Fsp3) is 0.600. The van der Waals surface area contributed by atoms with Gasteiger partial charge >= 0.3 is 0 Å². The minimum absolute atomic E-state index is 0.510. The summed E-state index contributed by atoms with van der Waals surface area (Å²) in [7, 11) is 2.18. The maximum atomic E-state index is 5.32. The molecule has 0 bridgehead atoms. The third kappa shape index (κ3) is 3.66. The van der Waals surface area contributed by atoms with Crippen molar-refractivity contribution in [3.63, 3.8) is 0 Å². The Morgan fingerprint density at radius 2 is 2.09 bits per heavy atom. The van der Waals surface area contributed by atoms with Crippen LogP contribution in [0, 0.1) is 0 Å². The van der Waals surface area contributed by atoms with Crippen molar-refractivity contribution < 1.29 is 4.52 Å². The molecule has 0 radical (unpaired) electrons. The van der Waals surface area contributed by atoms with Crippen LogP contribution in [0.25, 0.3) is 11.5 Å². The van der Waals surface area contributed by atoms with E-state index in [2.05, 4.69) is 44.1 Å². The van der Waals surface area contributed by atoms with Crippen LogP contribution in [-0.4, -0.2) is 69.4 Å². The predicted molar refractivity (Wildman–Crippen MR) is 82.2 cm³/mol. The van der Waals surface area contributed by atoms with Crippen molar-refractivity contribution in [2.24, 2.45) is 0 Å². The van der Waals surface area contributed by atoms with E-state index in [1.165, 1.54) is 0 Å². The molecule has 22 heavy (non-hydrogen) atoms. The molecule has 2 aromatic rings. The standard InChI is InChI=1S/C15H22N6O/c1-12(21-10-8-20(2)9-11-21)5-6-14-17-15(19-22-14)13-4-3-7-16-18-13/h3-4,7,12H,5-6,8-11H2,1-2H3/t12-/m1/s1. The Balaban J connectivity index is 1.53. The largest absolute Gasteiger partial charge is 0.339 e. The molecular weight excluding hydrogens is 280 g/mol. The van der Waals surface area contributed by atoms with E-state index < -0.39 is 0 Å². The molecule has 3 heterocycles. The molecule has 1 atom stereocenters. The number of piperazine rings is 1. The fourth-order valence-electron chi connectivity index (χ4n) is 2.66. The van der Waals surface area contributed by atoms with Crippen LogP contribution in [-0.2, 0) is 6.42 Å². The molecule has 0 aliphatic carbocycles. The average Bonchev–Trinajstić information content (AvgIpc) is 3.03. The molecule has 1 aliphatic rings. The minimum atomic E-state index is 0.510. The molecule has 0 unspecified atom stereocenters. The Labute approximate surface area is 130 Å². The summed E-state index contributed by atoms with van der Waals surface area (Å²) in [5, 5.41) is 11.8. The molecule has 0 spiro atoms. The molecule has 0 saturated carbocycles. The number of hydrogen-bond donors (Lipinski definition) is 0. The summed E-state index contributed by atoms with van der Waals surface area (Å²) in [6.07, 6.45) is 3.44. The molecule has 0 aromatic carbocycles. The highest BCUT2D eigenvalue weighted by molar-refractivity contribution is 5.46. The first kappa shape index (κ1) is 15.1. The van der Waals surface area contributed by atoms with Gasteiger partial charge < -0.3 is 9.42 Å². The number of hydrogen-bond acceptors (Lipinski definition) is 7. The zero-order valence-electron chi connectivity index (χ0n) is 13.1. The highest BCUT2D eigenvalue weighted by Crippen LogP contribution is 2.14. The highest BCUT2D eigenvalue weighted by atomic mass is 16.5. The average molecular weight is 302 g/mol. The van der Waals surface area contributed by atoms with Crippen LogP contribution < -0.4 is 0 Å². The lowest BCUT2D eigenvalue weighted by Gasteiger charge is -2.36. The van der Waals surface area contributed by atoms with Crippen molar-refractivity contribution in [3.05, 3.63) is 24.2 Å². The smallest absolute Gasteiger partial charge is 0.227 e. The molecule has 2 aromatic heterocycles. The number of likely N-dealkylation sites (N-methyl/N-ethyl adjacent to an activating group) is 1. The van der Waals surface area contributed by atoms with E-state index in [1.807, 2.05) is 12.1 Å². The zero-order valence-corrected chi connectivity index (χ0v) is 13.1. The van der Waals surface area contributed by atoms with E-state index in [4.69, 9.17) is 4.52 Å². The number of nitrogens with zero attached hydrogens (tertiary/aromatic N) is 6. The van der Waals surface area contributed by atoms with Crippen molar-refractivity contribution in [2.45, 2.75) is 25.8 Å². The van der Waals surface area contributed by atoms with Crippen molar-refractivity contribution >= 4 is 0 Å². The second kappa shape index (κ2) is 6.93. The Morgan fingerprint density at radius 3 is 2.82 bits per heavy atom. The molecule has 7 nitrogen and oxygen atoms in total. The first-order valence-electron chi connectivity index (χ1n) is 7.75. The van der Waals surface area contributed by atoms with Gasteiger partial charge in [-0.25, -0.2) is 0 Å². The van der Waals surface area contributed by atoms with Crippen molar-refractivity contribution in [2.75, 3.05) is 33.2 Å².